The molecule has 0 bridgehead atoms. The monoisotopic (exact) mass is 269 g/mol. The van der Waals surface area contributed by atoms with E-state index in [0.29, 0.717) is 25.7 Å². The van der Waals surface area contributed by atoms with E-state index in [2.05, 4.69) is 5.32 Å². The largest absolute Gasteiger partial charge is 0.481 e. The summed E-state index contributed by atoms with van der Waals surface area (Å²) in [5, 5.41) is 21.9. The Labute approximate surface area is 113 Å². The molecule has 0 fully saturated rings. The summed E-state index contributed by atoms with van der Waals surface area (Å²) in [6, 6.07) is 0. The van der Waals surface area contributed by atoms with Crippen LogP contribution >= 0.6 is 0 Å². The minimum Gasteiger partial charge on any atom is -0.481 e. The zero-order valence-electron chi connectivity index (χ0n) is 11.6. The quantitative estimate of drug-likeness (QED) is 0.635. The number of carboxylic acid groups (broad SMARTS) is 1. The van der Waals surface area contributed by atoms with Crippen LogP contribution < -0.4 is 5.32 Å². The maximum absolute atomic E-state index is 12.1. The fourth-order valence-corrected chi connectivity index (χ4v) is 2.26. The fourth-order valence-electron chi connectivity index (χ4n) is 2.26. The molecule has 0 spiro atoms. The lowest BCUT2D eigenvalue weighted by Crippen LogP contribution is -2.46. The number of carbonyl (C=O) groups is 2. The summed E-state index contributed by atoms with van der Waals surface area (Å²) in [6.45, 7) is 3.89. The average Bonchev–Trinajstić information content (AvgIpc) is 2.44. The highest BCUT2D eigenvalue weighted by Crippen LogP contribution is 2.26. The third kappa shape index (κ3) is 4.06. The van der Waals surface area contributed by atoms with Gasteiger partial charge in [-0.3, -0.25) is 9.59 Å². The van der Waals surface area contributed by atoms with Crippen LogP contribution in [0.2, 0.25) is 0 Å². The van der Waals surface area contributed by atoms with Crippen LogP contribution in [0, 0.1) is 11.8 Å². The van der Waals surface area contributed by atoms with Crippen LogP contribution in [-0.4, -0.2) is 34.2 Å². The lowest BCUT2D eigenvalue weighted by atomic mass is 9.82. The van der Waals surface area contributed by atoms with E-state index in [-0.39, 0.29) is 12.5 Å². The molecule has 1 aliphatic rings. The Kier molecular flexibility index (Phi) is 5.54. The number of allylic oxidation sites excluding steroid dienone is 2. The maximum atomic E-state index is 12.1. The van der Waals surface area contributed by atoms with Gasteiger partial charge in [-0.1, -0.05) is 26.0 Å². The minimum absolute atomic E-state index is 0.172. The smallest absolute Gasteiger partial charge is 0.307 e. The third-order valence-electron chi connectivity index (χ3n) is 3.99. The number of amides is 1. The molecule has 0 aromatic rings. The highest BCUT2D eigenvalue weighted by atomic mass is 16.4. The van der Waals surface area contributed by atoms with E-state index in [1.165, 1.54) is 0 Å². The molecule has 108 valence electrons. The van der Waals surface area contributed by atoms with Crippen molar-refractivity contribution in [2.75, 3.05) is 6.54 Å². The van der Waals surface area contributed by atoms with Crippen LogP contribution in [0.1, 0.15) is 39.5 Å². The van der Waals surface area contributed by atoms with Crippen LogP contribution in [0.4, 0.5) is 0 Å². The molecule has 19 heavy (non-hydrogen) atoms. The SMILES string of the molecule is CCC(O)(CC)CNC(=O)C1CC=CCC1C(=O)O. The molecule has 3 N–H and O–H groups in total. The van der Waals surface area contributed by atoms with Gasteiger partial charge in [-0.05, 0) is 25.7 Å². The number of hydrogen-bond donors (Lipinski definition) is 3. The van der Waals surface area contributed by atoms with Crippen molar-refractivity contribution in [1.29, 1.82) is 0 Å². The summed E-state index contributed by atoms with van der Waals surface area (Å²) >= 11 is 0. The van der Waals surface area contributed by atoms with Gasteiger partial charge in [-0.2, -0.15) is 0 Å². The number of carboxylic acids is 1. The summed E-state index contributed by atoms with van der Waals surface area (Å²) in [4.78, 5) is 23.2. The van der Waals surface area contributed by atoms with E-state index in [0.717, 1.165) is 0 Å². The number of aliphatic carboxylic acids is 1. The lowest BCUT2D eigenvalue weighted by Gasteiger charge is -2.28. The predicted molar refractivity (Wildman–Crippen MR) is 71.5 cm³/mol. The summed E-state index contributed by atoms with van der Waals surface area (Å²) in [5.41, 5.74) is -0.904. The second kappa shape index (κ2) is 6.70. The first-order valence-corrected chi connectivity index (χ1v) is 6.81. The van der Waals surface area contributed by atoms with Crippen molar-refractivity contribution in [3.63, 3.8) is 0 Å². The van der Waals surface area contributed by atoms with E-state index in [1.807, 2.05) is 19.9 Å². The molecule has 0 aromatic heterocycles. The predicted octanol–water partition coefficient (Wildman–Crippen LogP) is 1.32. The van der Waals surface area contributed by atoms with Crippen LogP contribution in [-0.2, 0) is 9.59 Å². The van der Waals surface area contributed by atoms with Gasteiger partial charge in [0, 0.05) is 6.54 Å². The highest BCUT2D eigenvalue weighted by molar-refractivity contribution is 5.85. The molecule has 0 radical (unpaired) electrons. The van der Waals surface area contributed by atoms with Gasteiger partial charge in [-0.15, -0.1) is 0 Å². The van der Waals surface area contributed by atoms with Gasteiger partial charge in [0.1, 0.15) is 0 Å². The van der Waals surface area contributed by atoms with Gasteiger partial charge < -0.3 is 15.5 Å². The van der Waals surface area contributed by atoms with Gasteiger partial charge in [0.05, 0.1) is 17.4 Å². The zero-order valence-corrected chi connectivity index (χ0v) is 11.6. The van der Waals surface area contributed by atoms with Crippen LogP contribution in [0.3, 0.4) is 0 Å². The third-order valence-corrected chi connectivity index (χ3v) is 3.99. The van der Waals surface area contributed by atoms with Crippen molar-refractivity contribution >= 4 is 11.9 Å². The van der Waals surface area contributed by atoms with Crippen molar-refractivity contribution in [3.8, 4) is 0 Å². The molecule has 0 aromatic carbocycles. The first kappa shape index (κ1) is 15.7. The van der Waals surface area contributed by atoms with E-state index in [9.17, 15) is 14.7 Å². The number of aliphatic hydroxyl groups is 1. The van der Waals surface area contributed by atoms with Gasteiger partial charge >= 0.3 is 5.97 Å². The Morgan fingerprint density at radius 3 is 2.21 bits per heavy atom. The Hall–Kier alpha value is -1.36. The molecule has 1 amide bonds. The fraction of sp³-hybridized carbons (Fsp3) is 0.714. The van der Waals surface area contributed by atoms with E-state index in [1.54, 1.807) is 6.08 Å². The van der Waals surface area contributed by atoms with Crippen molar-refractivity contribution < 1.29 is 19.8 Å². The first-order chi connectivity index (χ1) is 8.93. The number of carbonyl (C=O) groups excluding carboxylic acids is 1. The normalized spacial score (nSPS) is 23.1. The van der Waals surface area contributed by atoms with Crippen molar-refractivity contribution in [2.45, 2.75) is 45.1 Å². The number of nitrogens with one attached hydrogen (secondary N) is 1. The number of rotatable bonds is 6. The van der Waals surface area contributed by atoms with Crippen molar-refractivity contribution in [2.24, 2.45) is 11.8 Å². The molecule has 2 unspecified atom stereocenters. The van der Waals surface area contributed by atoms with Crippen LogP contribution in [0.25, 0.3) is 0 Å². The molecule has 2 atom stereocenters. The molecule has 0 saturated carbocycles. The highest BCUT2D eigenvalue weighted by Gasteiger charge is 2.34. The van der Waals surface area contributed by atoms with Crippen LogP contribution in [0.15, 0.2) is 12.2 Å². The molecule has 0 aliphatic heterocycles. The van der Waals surface area contributed by atoms with E-state index >= 15 is 0 Å². The molecular weight excluding hydrogens is 246 g/mol. The summed E-state index contributed by atoms with van der Waals surface area (Å²) in [7, 11) is 0. The minimum atomic E-state index is -0.939. The van der Waals surface area contributed by atoms with Crippen molar-refractivity contribution in [3.05, 3.63) is 12.2 Å². The Bertz CT molecular complexity index is 360. The van der Waals surface area contributed by atoms with Gasteiger partial charge in [-0.25, -0.2) is 0 Å². The molecule has 0 heterocycles. The summed E-state index contributed by atoms with van der Waals surface area (Å²) < 4.78 is 0. The average molecular weight is 269 g/mol. The molecular formula is C14H23NO4. The molecule has 5 heteroatoms. The van der Waals surface area contributed by atoms with E-state index < -0.39 is 23.4 Å². The molecule has 1 rings (SSSR count). The Morgan fingerprint density at radius 2 is 1.74 bits per heavy atom. The molecule has 0 saturated heterocycles. The second-order valence-electron chi connectivity index (χ2n) is 5.14. The lowest BCUT2D eigenvalue weighted by molar-refractivity contribution is -0.147. The molecule has 1 aliphatic carbocycles. The Morgan fingerprint density at radius 1 is 1.21 bits per heavy atom. The first-order valence-electron chi connectivity index (χ1n) is 6.81. The topological polar surface area (TPSA) is 86.6 Å². The van der Waals surface area contributed by atoms with Crippen molar-refractivity contribution in [1.82, 2.24) is 5.32 Å². The standard InChI is InChI=1S/C14H23NO4/c1-3-14(19,4-2)9-15-12(16)10-7-5-6-8-11(10)13(17)18/h5-6,10-11,19H,3-4,7-9H2,1-2H3,(H,15,16)(H,17,18). The van der Waals surface area contributed by atoms with Gasteiger partial charge in [0.2, 0.25) is 5.91 Å². The summed E-state index contributed by atoms with van der Waals surface area (Å²) in [5.74, 6) is -2.43. The van der Waals surface area contributed by atoms with Gasteiger partial charge in [0.15, 0.2) is 0 Å². The number of hydrogen-bond acceptors (Lipinski definition) is 3. The maximum Gasteiger partial charge on any atom is 0.307 e. The molecule has 5 nitrogen and oxygen atoms in total. The van der Waals surface area contributed by atoms with Gasteiger partial charge in [0.25, 0.3) is 0 Å². The zero-order chi connectivity index (χ0) is 14.5. The van der Waals surface area contributed by atoms with Crippen LogP contribution in [0.5, 0.6) is 0 Å². The van der Waals surface area contributed by atoms with E-state index in [4.69, 9.17) is 5.11 Å². The second-order valence-corrected chi connectivity index (χ2v) is 5.14. The summed E-state index contributed by atoms with van der Waals surface area (Å²) in [6.07, 6.45) is 5.58. The Balaban J connectivity index is 2.62.